The summed E-state index contributed by atoms with van der Waals surface area (Å²) >= 11 is 7.48. The van der Waals surface area contributed by atoms with Crippen LogP contribution in [-0.4, -0.2) is 31.0 Å². The Morgan fingerprint density at radius 3 is 2.61 bits per heavy atom. The number of halogens is 4. The monoisotopic (exact) mass is 555 g/mol. The lowest BCUT2D eigenvalue weighted by Crippen LogP contribution is -2.35. The molecule has 194 valence electrons. The number of aromatic amines is 1. The molecule has 1 aliphatic heterocycles. The fourth-order valence-electron chi connectivity index (χ4n) is 4.91. The highest BCUT2D eigenvalue weighted by Gasteiger charge is 2.30. The Hall–Kier alpha value is -3.47. The highest BCUT2D eigenvalue weighted by atomic mass is 35.5. The SMILES string of the molecule is O=c1[nH]c(-c2ccc(C(F)(F)F)cc2)nc2c1CN(Cc1cn(Cc3cnc(Cl)s3)c3ccccc13)CC2. The number of fused-ring (bicyclic) bond motifs is 2. The third-order valence-corrected chi connectivity index (χ3v) is 7.85. The normalized spacial score (nSPS) is 14.2. The number of hydrogen-bond acceptors (Lipinski definition) is 5. The van der Waals surface area contributed by atoms with E-state index in [1.54, 1.807) is 6.20 Å². The van der Waals surface area contributed by atoms with Gasteiger partial charge in [-0.1, -0.05) is 41.9 Å². The van der Waals surface area contributed by atoms with E-state index >= 15 is 0 Å². The fourth-order valence-corrected chi connectivity index (χ4v) is 5.89. The van der Waals surface area contributed by atoms with E-state index in [2.05, 4.69) is 42.7 Å². The van der Waals surface area contributed by atoms with Gasteiger partial charge >= 0.3 is 6.18 Å². The van der Waals surface area contributed by atoms with Crippen molar-refractivity contribution < 1.29 is 13.2 Å². The van der Waals surface area contributed by atoms with Crippen molar-refractivity contribution in [1.82, 2.24) is 24.4 Å². The summed E-state index contributed by atoms with van der Waals surface area (Å²) in [6.45, 7) is 2.48. The molecular formula is C27H21ClF3N5OS. The molecule has 0 amide bonds. The minimum Gasteiger partial charge on any atom is -0.342 e. The van der Waals surface area contributed by atoms with Gasteiger partial charge < -0.3 is 9.55 Å². The van der Waals surface area contributed by atoms with Crippen molar-refractivity contribution in [1.29, 1.82) is 0 Å². The van der Waals surface area contributed by atoms with Crippen LogP contribution in [0.3, 0.4) is 0 Å². The number of para-hydroxylation sites is 1. The van der Waals surface area contributed by atoms with Crippen molar-refractivity contribution >= 4 is 33.8 Å². The Morgan fingerprint density at radius 2 is 1.87 bits per heavy atom. The molecular weight excluding hydrogens is 535 g/mol. The molecule has 0 aliphatic carbocycles. The van der Waals surface area contributed by atoms with Crippen molar-refractivity contribution in [3.8, 4) is 11.4 Å². The van der Waals surface area contributed by atoms with Crippen LogP contribution in [0.2, 0.25) is 4.47 Å². The van der Waals surface area contributed by atoms with E-state index in [4.69, 9.17) is 11.6 Å². The van der Waals surface area contributed by atoms with E-state index in [0.717, 1.165) is 33.5 Å². The Bertz CT molecular complexity index is 1690. The van der Waals surface area contributed by atoms with Crippen LogP contribution in [0.15, 0.2) is 65.7 Å². The average Bonchev–Trinajstić information content (AvgIpc) is 3.47. The number of nitrogens with zero attached hydrogens (tertiary/aromatic N) is 4. The zero-order valence-electron chi connectivity index (χ0n) is 19.9. The smallest absolute Gasteiger partial charge is 0.342 e. The van der Waals surface area contributed by atoms with E-state index in [-0.39, 0.29) is 11.4 Å². The van der Waals surface area contributed by atoms with Crippen LogP contribution >= 0.6 is 22.9 Å². The topological polar surface area (TPSA) is 66.8 Å². The third-order valence-electron chi connectivity index (χ3n) is 6.75. The highest BCUT2D eigenvalue weighted by molar-refractivity contribution is 7.15. The number of nitrogens with one attached hydrogen (secondary N) is 1. The van der Waals surface area contributed by atoms with Gasteiger partial charge in [-0.05, 0) is 23.8 Å². The molecule has 0 unspecified atom stereocenters. The van der Waals surface area contributed by atoms with Gasteiger partial charge in [0.2, 0.25) is 0 Å². The van der Waals surface area contributed by atoms with E-state index in [9.17, 15) is 18.0 Å². The zero-order chi connectivity index (χ0) is 26.4. The fraction of sp³-hybridized carbons (Fsp3) is 0.222. The van der Waals surface area contributed by atoms with Gasteiger partial charge in [-0.2, -0.15) is 13.2 Å². The van der Waals surface area contributed by atoms with Gasteiger partial charge in [-0.15, -0.1) is 11.3 Å². The van der Waals surface area contributed by atoms with Gasteiger partial charge in [0.25, 0.3) is 5.56 Å². The van der Waals surface area contributed by atoms with Gasteiger partial charge in [0.1, 0.15) is 5.82 Å². The maximum absolute atomic E-state index is 13.0. The molecule has 2 aromatic carbocycles. The Balaban J connectivity index is 1.23. The first kappa shape index (κ1) is 24.8. The van der Waals surface area contributed by atoms with Crippen LogP contribution in [0.1, 0.15) is 27.3 Å². The van der Waals surface area contributed by atoms with Crippen LogP contribution in [0.5, 0.6) is 0 Å². The molecule has 11 heteroatoms. The molecule has 0 radical (unpaired) electrons. The summed E-state index contributed by atoms with van der Waals surface area (Å²) < 4.78 is 41.4. The molecule has 4 heterocycles. The minimum atomic E-state index is -4.42. The van der Waals surface area contributed by atoms with Gasteiger partial charge in [0.15, 0.2) is 4.47 Å². The van der Waals surface area contributed by atoms with E-state index < -0.39 is 11.7 Å². The highest BCUT2D eigenvalue weighted by Crippen LogP contribution is 2.31. The molecule has 0 saturated carbocycles. The number of aromatic nitrogens is 4. The first-order valence-corrected chi connectivity index (χ1v) is 13.1. The van der Waals surface area contributed by atoms with Crippen LogP contribution in [0, 0.1) is 0 Å². The van der Waals surface area contributed by atoms with Crippen LogP contribution in [0.25, 0.3) is 22.3 Å². The summed E-state index contributed by atoms with van der Waals surface area (Å²) in [4.78, 5) is 27.8. The molecule has 0 fully saturated rings. The number of hydrogen-bond donors (Lipinski definition) is 1. The molecule has 0 spiro atoms. The number of thiazole rings is 1. The van der Waals surface area contributed by atoms with Crippen molar-refractivity contribution in [2.75, 3.05) is 6.54 Å². The second kappa shape index (κ2) is 9.68. The molecule has 6 rings (SSSR count). The quantitative estimate of drug-likeness (QED) is 0.283. The molecule has 1 aliphatic rings. The van der Waals surface area contributed by atoms with Crippen molar-refractivity contribution in [3.63, 3.8) is 0 Å². The largest absolute Gasteiger partial charge is 0.416 e. The number of benzene rings is 2. The van der Waals surface area contributed by atoms with Crippen LogP contribution < -0.4 is 5.56 Å². The predicted octanol–water partition coefficient (Wildman–Crippen LogP) is 6.13. The van der Waals surface area contributed by atoms with Crippen LogP contribution in [-0.2, 0) is 32.2 Å². The molecule has 5 aromatic rings. The molecule has 0 saturated heterocycles. The minimum absolute atomic E-state index is 0.265. The molecule has 0 bridgehead atoms. The van der Waals surface area contributed by atoms with Crippen LogP contribution in [0.4, 0.5) is 13.2 Å². The number of H-pyrrole nitrogens is 1. The predicted molar refractivity (Wildman–Crippen MR) is 141 cm³/mol. The van der Waals surface area contributed by atoms with Crippen molar-refractivity contribution in [3.05, 3.63) is 103 Å². The van der Waals surface area contributed by atoms with Gasteiger partial charge in [0.05, 0.1) is 23.4 Å². The standard InChI is InChI=1S/C27H21ClF3N5OS/c28-26-32-11-19(38-26)14-36-13-17(20-3-1-2-4-23(20)36)12-35-10-9-22-21(15-35)25(37)34-24(33-22)16-5-7-18(8-6-16)27(29,30)31/h1-8,11,13H,9-10,12,14-15H2,(H,33,34,37). The Labute approximate surface area is 224 Å². The summed E-state index contributed by atoms with van der Waals surface area (Å²) in [5, 5.41) is 1.15. The van der Waals surface area contributed by atoms with E-state index in [1.807, 2.05) is 12.1 Å². The van der Waals surface area contributed by atoms with Gasteiger partial charge in [-0.25, -0.2) is 9.97 Å². The lowest BCUT2D eigenvalue weighted by Gasteiger charge is -2.27. The summed E-state index contributed by atoms with van der Waals surface area (Å²) in [6, 6.07) is 12.9. The maximum atomic E-state index is 13.0. The molecule has 38 heavy (non-hydrogen) atoms. The van der Waals surface area contributed by atoms with E-state index in [0.29, 0.717) is 53.9 Å². The van der Waals surface area contributed by atoms with Gasteiger partial charge in [-0.3, -0.25) is 9.69 Å². The molecule has 6 nitrogen and oxygen atoms in total. The maximum Gasteiger partial charge on any atom is 0.416 e. The van der Waals surface area contributed by atoms with Crippen molar-refractivity contribution in [2.45, 2.75) is 32.2 Å². The second-order valence-electron chi connectivity index (χ2n) is 9.25. The van der Waals surface area contributed by atoms with Crippen molar-refractivity contribution in [2.24, 2.45) is 0 Å². The third kappa shape index (κ3) is 4.87. The Kier molecular flexibility index (Phi) is 6.33. The summed E-state index contributed by atoms with van der Waals surface area (Å²) in [6.07, 6.45) is 0.0932. The lowest BCUT2D eigenvalue weighted by molar-refractivity contribution is -0.137. The first-order chi connectivity index (χ1) is 18.2. The Morgan fingerprint density at radius 1 is 1.08 bits per heavy atom. The molecule has 1 N–H and O–H groups in total. The lowest BCUT2D eigenvalue weighted by atomic mass is 10.0. The number of rotatable bonds is 5. The van der Waals surface area contributed by atoms with Gasteiger partial charge in [0, 0.05) is 59.8 Å². The van der Waals surface area contributed by atoms with E-state index in [1.165, 1.54) is 23.5 Å². The summed E-state index contributed by atoms with van der Waals surface area (Å²) in [5.41, 5.74) is 2.98. The average molecular weight is 556 g/mol. The number of alkyl halides is 3. The molecule has 0 atom stereocenters. The zero-order valence-corrected chi connectivity index (χ0v) is 21.5. The summed E-state index contributed by atoms with van der Waals surface area (Å²) in [7, 11) is 0. The second-order valence-corrected chi connectivity index (χ2v) is 11.0. The first-order valence-electron chi connectivity index (χ1n) is 11.9. The molecule has 3 aromatic heterocycles. The summed E-state index contributed by atoms with van der Waals surface area (Å²) in [5.74, 6) is 0.280.